The molecule has 0 unspecified atom stereocenters. The van der Waals surface area contributed by atoms with Gasteiger partial charge in [0.2, 0.25) is 16.0 Å². The van der Waals surface area contributed by atoms with Crippen molar-refractivity contribution in [1.29, 1.82) is 0 Å². The normalized spacial score (nSPS) is 16.0. The molecule has 0 aliphatic carbocycles. The van der Waals surface area contributed by atoms with Crippen LogP contribution in [-0.4, -0.2) is 53.1 Å². The van der Waals surface area contributed by atoms with Crippen molar-refractivity contribution in [3.63, 3.8) is 0 Å². The summed E-state index contributed by atoms with van der Waals surface area (Å²) in [5.74, 6) is -0.0560. The van der Waals surface area contributed by atoms with Crippen molar-refractivity contribution in [2.75, 3.05) is 30.4 Å². The first-order chi connectivity index (χ1) is 15.9. The van der Waals surface area contributed by atoms with Gasteiger partial charge < -0.3 is 11.1 Å². The van der Waals surface area contributed by atoms with E-state index in [1.54, 1.807) is 24.4 Å². The molecule has 0 atom stereocenters. The number of aromatic nitrogens is 3. The van der Waals surface area contributed by atoms with E-state index in [2.05, 4.69) is 31.1 Å². The molecule has 2 aromatic heterocycles. The summed E-state index contributed by atoms with van der Waals surface area (Å²) in [5.41, 5.74) is 7.15. The highest BCUT2D eigenvalue weighted by molar-refractivity contribution is 7.88. The molecule has 182 valence electrons. The molecule has 3 heterocycles. The van der Waals surface area contributed by atoms with Gasteiger partial charge in [-0.15, -0.1) is 11.3 Å². The maximum atomic E-state index is 14.9. The molecular weight excluding hydrogens is 475 g/mol. The summed E-state index contributed by atoms with van der Waals surface area (Å²) >= 11 is 1.48. The van der Waals surface area contributed by atoms with Crippen molar-refractivity contribution in [2.45, 2.75) is 45.1 Å². The van der Waals surface area contributed by atoms with Crippen LogP contribution in [0.1, 0.15) is 38.6 Å². The number of benzene rings is 1. The lowest BCUT2D eigenvalue weighted by molar-refractivity contribution is 0.331. The topological polar surface area (TPSA) is 114 Å². The Morgan fingerprint density at radius 2 is 1.88 bits per heavy atom. The second kappa shape index (κ2) is 9.20. The Labute approximate surface area is 203 Å². The molecule has 0 bridgehead atoms. The van der Waals surface area contributed by atoms with Gasteiger partial charge in [0, 0.05) is 36.3 Å². The van der Waals surface area contributed by atoms with Gasteiger partial charge in [-0.2, -0.15) is 0 Å². The monoisotopic (exact) mass is 504 g/mol. The molecule has 0 spiro atoms. The number of thiazole rings is 1. The predicted molar refractivity (Wildman–Crippen MR) is 135 cm³/mol. The number of piperidine rings is 1. The molecule has 8 nitrogen and oxygen atoms in total. The summed E-state index contributed by atoms with van der Waals surface area (Å²) in [6.45, 7) is 7.10. The Balaban J connectivity index is 1.66. The van der Waals surface area contributed by atoms with Crippen LogP contribution in [0.5, 0.6) is 0 Å². The highest BCUT2D eigenvalue weighted by Gasteiger charge is 2.27. The van der Waals surface area contributed by atoms with Crippen LogP contribution in [0.2, 0.25) is 0 Å². The molecule has 1 aliphatic rings. The minimum Gasteiger partial charge on any atom is -0.396 e. The van der Waals surface area contributed by atoms with Crippen molar-refractivity contribution in [1.82, 2.24) is 19.3 Å². The highest BCUT2D eigenvalue weighted by atomic mass is 32.2. The van der Waals surface area contributed by atoms with Crippen molar-refractivity contribution in [2.24, 2.45) is 0 Å². The molecule has 4 rings (SSSR count). The molecule has 0 amide bonds. The Bertz CT molecular complexity index is 1300. The number of nitrogens with two attached hydrogens (primary N) is 1. The number of rotatable bonds is 5. The fourth-order valence-electron chi connectivity index (χ4n) is 3.80. The van der Waals surface area contributed by atoms with E-state index in [1.807, 2.05) is 0 Å². The van der Waals surface area contributed by atoms with E-state index in [0.717, 1.165) is 9.88 Å². The number of nitrogens with zero attached hydrogens (tertiary/aromatic N) is 4. The number of nitrogen functional groups attached to an aromatic ring is 1. The van der Waals surface area contributed by atoms with Gasteiger partial charge in [0.15, 0.2) is 5.82 Å². The number of anilines is 2. The maximum Gasteiger partial charge on any atom is 0.223 e. The van der Waals surface area contributed by atoms with Crippen LogP contribution in [0.25, 0.3) is 21.8 Å². The van der Waals surface area contributed by atoms with E-state index >= 15 is 0 Å². The molecule has 0 saturated carbocycles. The first-order valence-electron chi connectivity index (χ1n) is 11.0. The number of halogens is 1. The van der Waals surface area contributed by atoms with E-state index in [-0.39, 0.29) is 17.1 Å². The Kier molecular flexibility index (Phi) is 6.63. The molecule has 11 heteroatoms. The highest BCUT2D eigenvalue weighted by Crippen LogP contribution is 2.41. The van der Waals surface area contributed by atoms with Crippen molar-refractivity contribution < 1.29 is 12.8 Å². The predicted octanol–water partition coefficient (Wildman–Crippen LogP) is 4.12. The largest absolute Gasteiger partial charge is 0.396 e. The summed E-state index contributed by atoms with van der Waals surface area (Å²) in [7, 11) is -3.18. The molecule has 1 saturated heterocycles. The first-order valence-corrected chi connectivity index (χ1v) is 13.7. The average molecular weight is 505 g/mol. The van der Waals surface area contributed by atoms with E-state index in [4.69, 9.17) is 15.7 Å². The average Bonchev–Trinajstić information content (AvgIpc) is 3.21. The number of hydrogen-bond donors (Lipinski definition) is 2. The molecule has 1 aromatic carbocycles. The smallest absolute Gasteiger partial charge is 0.223 e. The third-order valence-corrected chi connectivity index (χ3v) is 8.50. The molecule has 3 N–H and O–H groups in total. The molecule has 3 aromatic rings. The minimum absolute atomic E-state index is 0.0608. The van der Waals surface area contributed by atoms with Crippen LogP contribution >= 0.6 is 11.3 Å². The summed E-state index contributed by atoms with van der Waals surface area (Å²) in [4.78, 5) is 14.6. The van der Waals surface area contributed by atoms with E-state index in [0.29, 0.717) is 48.8 Å². The Morgan fingerprint density at radius 3 is 2.53 bits per heavy atom. The lowest BCUT2D eigenvalue weighted by Gasteiger charge is -2.30. The first kappa shape index (κ1) is 24.5. The zero-order valence-electron chi connectivity index (χ0n) is 19.7. The van der Waals surface area contributed by atoms with Crippen LogP contribution < -0.4 is 11.1 Å². The minimum atomic E-state index is -3.18. The van der Waals surface area contributed by atoms with Crippen LogP contribution in [-0.2, 0) is 15.4 Å². The van der Waals surface area contributed by atoms with Gasteiger partial charge in [0.25, 0.3) is 0 Å². The van der Waals surface area contributed by atoms with Gasteiger partial charge in [-0.1, -0.05) is 26.8 Å². The van der Waals surface area contributed by atoms with Crippen molar-refractivity contribution in [3.8, 4) is 21.8 Å². The Morgan fingerprint density at radius 1 is 1.18 bits per heavy atom. The van der Waals surface area contributed by atoms with Gasteiger partial charge in [-0.25, -0.2) is 32.1 Å². The maximum absolute atomic E-state index is 14.9. The second-order valence-corrected chi connectivity index (χ2v) is 12.5. The Hall–Kier alpha value is -2.63. The summed E-state index contributed by atoms with van der Waals surface area (Å²) in [6, 6.07) is 6.75. The number of sulfonamides is 1. The van der Waals surface area contributed by atoms with Crippen LogP contribution in [0, 0.1) is 5.82 Å². The van der Waals surface area contributed by atoms with Crippen LogP contribution in [0.4, 0.5) is 16.0 Å². The fourth-order valence-corrected chi connectivity index (χ4v) is 5.78. The molecule has 1 aliphatic heterocycles. The third kappa shape index (κ3) is 5.21. The van der Waals surface area contributed by atoms with Crippen LogP contribution in [0.15, 0.2) is 30.5 Å². The lowest BCUT2D eigenvalue weighted by atomic mass is 9.98. The van der Waals surface area contributed by atoms with Gasteiger partial charge in [0.1, 0.15) is 0 Å². The van der Waals surface area contributed by atoms with E-state index in [1.165, 1.54) is 28.0 Å². The molecular formula is C23H29FN6O2S2. The molecule has 34 heavy (non-hydrogen) atoms. The quantitative estimate of drug-likeness (QED) is 0.502. The number of nitrogens with one attached hydrogen (secondary N) is 1. The van der Waals surface area contributed by atoms with Gasteiger partial charge >= 0.3 is 0 Å². The SMILES string of the molecule is CC(C)(C)c1nc(-c2cccc(N)c2F)c(-c2ccnc(NC3CCN(S(C)(=O)=O)CC3)n2)s1. The van der Waals surface area contributed by atoms with Gasteiger partial charge in [-0.05, 0) is 31.0 Å². The standard InChI is InChI=1S/C23H29FN6O2S2/c1-23(2,3)21-29-19(15-6-5-7-16(25)18(15)24)20(33-21)17-8-11-26-22(28-17)27-14-9-12-30(13-10-14)34(4,31)32/h5-8,11,14H,9-10,12-13,25H2,1-4H3,(H,26,27,28). The summed E-state index contributed by atoms with van der Waals surface area (Å²) in [5, 5.41) is 4.19. The molecule has 0 radical (unpaired) electrons. The zero-order chi connectivity index (χ0) is 24.7. The third-order valence-electron chi connectivity index (χ3n) is 5.70. The van der Waals surface area contributed by atoms with Gasteiger partial charge in [0.05, 0.1) is 33.2 Å². The number of hydrogen-bond acceptors (Lipinski definition) is 8. The van der Waals surface area contributed by atoms with Gasteiger partial charge in [-0.3, -0.25) is 0 Å². The lowest BCUT2D eigenvalue weighted by Crippen LogP contribution is -2.42. The van der Waals surface area contributed by atoms with E-state index in [9.17, 15) is 12.8 Å². The molecule has 1 fully saturated rings. The summed E-state index contributed by atoms with van der Waals surface area (Å²) in [6.07, 6.45) is 4.21. The van der Waals surface area contributed by atoms with Crippen molar-refractivity contribution >= 4 is 33.0 Å². The summed E-state index contributed by atoms with van der Waals surface area (Å²) < 4.78 is 39.9. The van der Waals surface area contributed by atoms with Crippen molar-refractivity contribution in [3.05, 3.63) is 41.3 Å². The van der Waals surface area contributed by atoms with Crippen LogP contribution in [0.3, 0.4) is 0 Å². The second-order valence-electron chi connectivity index (χ2n) is 9.50. The fraction of sp³-hybridized carbons (Fsp3) is 0.435. The zero-order valence-corrected chi connectivity index (χ0v) is 21.3. The van der Waals surface area contributed by atoms with E-state index < -0.39 is 15.8 Å².